The minimum atomic E-state index is 0.572. The number of nitrogens with zero attached hydrogens (tertiary/aromatic N) is 4. The fraction of sp³-hybridized carbons (Fsp3) is 0.800. The average Bonchev–Trinajstić information content (AvgIpc) is 2.99. The molecule has 16 heavy (non-hydrogen) atoms. The van der Waals surface area contributed by atoms with Gasteiger partial charge in [-0.2, -0.15) is 0 Å². The summed E-state index contributed by atoms with van der Waals surface area (Å²) in [5.41, 5.74) is 0. The zero-order valence-electron chi connectivity index (χ0n) is 10.1. The van der Waals surface area contributed by atoms with Crippen LogP contribution < -0.4 is 4.90 Å². The predicted octanol–water partition coefficient (Wildman–Crippen LogP) is 1.27. The SMILES string of the molecule is CN(C)CCN(C)c1n[nH]c(=S)n1C1CC1. The zero-order chi connectivity index (χ0) is 11.7. The molecular weight excluding hydrogens is 222 g/mol. The second-order valence-corrected chi connectivity index (χ2v) is 5.04. The van der Waals surface area contributed by atoms with Crippen LogP contribution in [-0.2, 0) is 0 Å². The summed E-state index contributed by atoms with van der Waals surface area (Å²) in [5, 5.41) is 7.20. The summed E-state index contributed by atoms with van der Waals surface area (Å²) in [7, 11) is 6.21. The number of nitrogens with one attached hydrogen (secondary N) is 1. The Balaban J connectivity index is 2.10. The van der Waals surface area contributed by atoms with E-state index in [2.05, 4.69) is 45.7 Å². The molecule has 1 aromatic heterocycles. The number of anilines is 1. The van der Waals surface area contributed by atoms with Gasteiger partial charge in [-0.05, 0) is 39.2 Å². The summed E-state index contributed by atoms with van der Waals surface area (Å²) in [4.78, 5) is 4.32. The molecule has 0 aromatic carbocycles. The van der Waals surface area contributed by atoms with Crippen LogP contribution in [0.25, 0.3) is 0 Å². The topological polar surface area (TPSA) is 40.1 Å². The molecular formula is C10H19N5S. The maximum Gasteiger partial charge on any atom is 0.225 e. The predicted molar refractivity (Wildman–Crippen MR) is 67.5 cm³/mol. The standard InChI is InChI=1S/C10H19N5S/c1-13(2)6-7-14(3)9-11-12-10(16)15(9)8-4-5-8/h8H,4-7H2,1-3H3,(H,12,16). The molecule has 0 atom stereocenters. The van der Waals surface area contributed by atoms with E-state index >= 15 is 0 Å². The fourth-order valence-electron chi connectivity index (χ4n) is 1.68. The molecule has 1 saturated carbocycles. The van der Waals surface area contributed by atoms with E-state index in [1.54, 1.807) is 0 Å². The van der Waals surface area contributed by atoms with Gasteiger partial charge >= 0.3 is 0 Å². The van der Waals surface area contributed by atoms with Crippen molar-refractivity contribution in [1.82, 2.24) is 19.7 Å². The Morgan fingerprint density at radius 3 is 2.62 bits per heavy atom. The van der Waals surface area contributed by atoms with E-state index in [9.17, 15) is 0 Å². The van der Waals surface area contributed by atoms with Crippen molar-refractivity contribution in [3.8, 4) is 0 Å². The number of likely N-dealkylation sites (N-methyl/N-ethyl adjacent to an activating group) is 2. The molecule has 0 amide bonds. The highest BCUT2D eigenvalue weighted by Gasteiger charge is 2.28. The second-order valence-electron chi connectivity index (χ2n) is 4.65. The second kappa shape index (κ2) is 4.55. The summed E-state index contributed by atoms with van der Waals surface area (Å²) < 4.78 is 2.89. The van der Waals surface area contributed by atoms with E-state index in [4.69, 9.17) is 12.2 Å². The average molecular weight is 241 g/mol. The van der Waals surface area contributed by atoms with Crippen LogP contribution in [0.1, 0.15) is 18.9 Å². The molecule has 0 saturated heterocycles. The van der Waals surface area contributed by atoms with Crippen LogP contribution >= 0.6 is 12.2 Å². The number of hydrogen-bond donors (Lipinski definition) is 1. The molecule has 0 spiro atoms. The van der Waals surface area contributed by atoms with Gasteiger partial charge in [-0.3, -0.25) is 4.57 Å². The molecule has 1 N–H and O–H groups in total. The van der Waals surface area contributed by atoms with Crippen LogP contribution in [0, 0.1) is 4.77 Å². The van der Waals surface area contributed by atoms with Crippen molar-refractivity contribution in [3.05, 3.63) is 4.77 Å². The number of rotatable bonds is 5. The van der Waals surface area contributed by atoms with Crippen molar-refractivity contribution >= 4 is 18.2 Å². The first kappa shape index (κ1) is 11.6. The Morgan fingerprint density at radius 1 is 1.38 bits per heavy atom. The number of hydrogen-bond acceptors (Lipinski definition) is 4. The van der Waals surface area contributed by atoms with Gasteiger partial charge in [-0.1, -0.05) is 0 Å². The lowest BCUT2D eigenvalue weighted by molar-refractivity contribution is 0.415. The maximum absolute atomic E-state index is 5.25. The molecule has 5 nitrogen and oxygen atoms in total. The van der Waals surface area contributed by atoms with Crippen LogP contribution in [-0.4, -0.2) is 53.9 Å². The zero-order valence-corrected chi connectivity index (χ0v) is 10.9. The van der Waals surface area contributed by atoms with Crippen molar-refractivity contribution in [2.24, 2.45) is 0 Å². The Labute approximate surface area is 101 Å². The molecule has 0 unspecified atom stereocenters. The smallest absolute Gasteiger partial charge is 0.225 e. The molecule has 1 fully saturated rings. The van der Waals surface area contributed by atoms with E-state index < -0.39 is 0 Å². The van der Waals surface area contributed by atoms with Gasteiger partial charge in [0.1, 0.15) is 0 Å². The maximum atomic E-state index is 5.25. The molecule has 0 aliphatic heterocycles. The lowest BCUT2D eigenvalue weighted by Crippen LogP contribution is -2.30. The van der Waals surface area contributed by atoms with Crippen molar-refractivity contribution in [2.45, 2.75) is 18.9 Å². The molecule has 2 rings (SSSR count). The molecule has 0 bridgehead atoms. The summed E-state index contributed by atoms with van der Waals surface area (Å²) in [6.07, 6.45) is 2.45. The van der Waals surface area contributed by atoms with Crippen molar-refractivity contribution in [2.75, 3.05) is 39.1 Å². The van der Waals surface area contributed by atoms with Crippen LogP contribution in [0.15, 0.2) is 0 Å². The lowest BCUT2D eigenvalue weighted by Gasteiger charge is -2.20. The Hall–Kier alpha value is -0.880. The molecule has 1 aromatic rings. The number of aromatic nitrogens is 3. The Bertz CT molecular complexity index is 404. The highest BCUT2D eigenvalue weighted by molar-refractivity contribution is 7.71. The molecule has 0 radical (unpaired) electrons. The van der Waals surface area contributed by atoms with E-state index in [0.29, 0.717) is 6.04 Å². The van der Waals surface area contributed by atoms with Gasteiger partial charge in [0, 0.05) is 26.2 Å². The highest BCUT2D eigenvalue weighted by atomic mass is 32.1. The van der Waals surface area contributed by atoms with Gasteiger partial charge < -0.3 is 9.80 Å². The first-order valence-electron chi connectivity index (χ1n) is 5.62. The van der Waals surface area contributed by atoms with Crippen LogP contribution in [0.2, 0.25) is 0 Å². The van der Waals surface area contributed by atoms with Crippen LogP contribution in [0.5, 0.6) is 0 Å². The molecule has 90 valence electrons. The minimum absolute atomic E-state index is 0.572. The summed E-state index contributed by atoms with van der Waals surface area (Å²) >= 11 is 5.25. The van der Waals surface area contributed by atoms with Gasteiger partial charge in [-0.15, -0.1) is 5.10 Å². The van der Waals surface area contributed by atoms with Gasteiger partial charge in [0.05, 0.1) is 0 Å². The van der Waals surface area contributed by atoms with Gasteiger partial charge in [0.25, 0.3) is 0 Å². The van der Waals surface area contributed by atoms with Gasteiger partial charge in [0.2, 0.25) is 5.95 Å². The van der Waals surface area contributed by atoms with E-state index in [0.717, 1.165) is 23.8 Å². The van der Waals surface area contributed by atoms with E-state index in [1.807, 2.05) is 0 Å². The summed E-state index contributed by atoms with van der Waals surface area (Å²) in [6.45, 7) is 1.97. The fourth-order valence-corrected chi connectivity index (χ4v) is 1.95. The number of aromatic amines is 1. The van der Waals surface area contributed by atoms with Crippen molar-refractivity contribution < 1.29 is 0 Å². The van der Waals surface area contributed by atoms with Crippen molar-refractivity contribution in [3.63, 3.8) is 0 Å². The van der Waals surface area contributed by atoms with Crippen LogP contribution in [0.4, 0.5) is 5.95 Å². The summed E-state index contributed by atoms with van der Waals surface area (Å²) in [6, 6.07) is 0.572. The van der Waals surface area contributed by atoms with E-state index in [-0.39, 0.29) is 0 Å². The molecule has 1 heterocycles. The quantitative estimate of drug-likeness (QED) is 0.788. The minimum Gasteiger partial charge on any atom is -0.343 e. The first-order valence-corrected chi connectivity index (χ1v) is 6.03. The first-order chi connectivity index (χ1) is 7.59. The van der Waals surface area contributed by atoms with E-state index in [1.165, 1.54) is 12.8 Å². The monoisotopic (exact) mass is 241 g/mol. The lowest BCUT2D eigenvalue weighted by atomic mass is 10.5. The van der Waals surface area contributed by atoms with Crippen LogP contribution in [0.3, 0.4) is 0 Å². The highest BCUT2D eigenvalue weighted by Crippen LogP contribution is 2.37. The Kier molecular flexibility index (Phi) is 3.30. The normalized spacial score (nSPS) is 15.8. The molecule has 6 heteroatoms. The Morgan fingerprint density at radius 2 is 2.06 bits per heavy atom. The third-order valence-corrected chi connectivity index (χ3v) is 3.11. The van der Waals surface area contributed by atoms with Gasteiger partial charge in [-0.25, -0.2) is 5.10 Å². The number of H-pyrrole nitrogens is 1. The third-order valence-electron chi connectivity index (χ3n) is 2.82. The van der Waals surface area contributed by atoms with Gasteiger partial charge in [0.15, 0.2) is 4.77 Å². The third kappa shape index (κ3) is 2.44. The van der Waals surface area contributed by atoms with Crippen molar-refractivity contribution in [1.29, 1.82) is 0 Å². The summed E-state index contributed by atoms with van der Waals surface area (Å²) in [5.74, 6) is 0.967. The molecule has 1 aliphatic carbocycles. The largest absolute Gasteiger partial charge is 0.343 e. The molecule has 1 aliphatic rings.